The van der Waals surface area contributed by atoms with Crippen LogP contribution < -0.4 is 22.1 Å². The number of hydrogen-bond donors (Lipinski definition) is 4. The van der Waals surface area contributed by atoms with Crippen LogP contribution in [0.25, 0.3) is 0 Å². The molecule has 1 aliphatic rings. The quantitative estimate of drug-likeness (QED) is 0.447. The van der Waals surface area contributed by atoms with E-state index in [1.165, 1.54) is 25.7 Å². The average Bonchev–Trinajstić information content (AvgIpc) is 2.32. The Hall–Kier alpha value is -0.160. The molecule has 0 aromatic heterocycles. The molecule has 0 aliphatic heterocycles. The molecular formula is C12H28N4. The summed E-state index contributed by atoms with van der Waals surface area (Å²) < 4.78 is 0. The summed E-state index contributed by atoms with van der Waals surface area (Å²) in [5, 5.41) is 7.25. The molecule has 16 heavy (non-hydrogen) atoms. The molecule has 0 radical (unpaired) electrons. The smallest absolute Gasteiger partial charge is 0.0221 e. The van der Waals surface area contributed by atoms with Crippen molar-refractivity contribution in [2.45, 2.75) is 50.6 Å². The molecule has 0 aromatic carbocycles. The molecule has 4 nitrogen and oxygen atoms in total. The zero-order valence-electron chi connectivity index (χ0n) is 10.4. The zero-order valence-corrected chi connectivity index (χ0v) is 10.4. The third kappa shape index (κ3) is 5.25. The van der Waals surface area contributed by atoms with Gasteiger partial charge in [0, 0.05) is 12.1 Å². The summed E-state index contributed by atoms with van der Waals surface area (Å²) in [4.78, 5) is 0. The van der Waals surface area contributed by atoms with Crippen molar-refractivity contribution in [3.8, 4) is 0 Å². The topological polar surface area (TPSA) is 76.1 Å². The normalized spacial score (nSPS) is 25.9. The van der Waals surface area contributed by atoms with Crippen molar-refractivity contribution in [3.05, 3.63) is 0 Å². The van der Waals surface area contributed by atoms with Gasteiger partial charge in [0.25, 0.3) is 0 Å². The molecule has 6 N–H and O–H groups in total. The molecule has 0 saturated heterocycles. The van der Waals surface area contributed by atoms with E-state index < -0.39 is 0 Å². The Bertz CT molecular complexity index is 145. The first-order valence-corrected chi connectivity index (χ1v) is 6.75. The first-order chi connectivity index (χ1) is 7.88. The second-order valence-electron chi connectivity index (χ2n) is 4.69. The van der Waals surface area contributed by atoms with Crippen LogP contribution in [0.3, 0.4) is 0 Å². The second-order valence-corrected chi connectivity index (χ2v) is 4.69. The lowest BCUT2D eigenvalue weighted by Gasteiger charge is -2.33. The lowest BCUT2D eigenvalue weighted by Crippen LogP contribution is -2.50. The highest BCUT2D eigenvalue weighted by Gasteiger charge is 2.23. The summed E-state index contributed by atoms with van der Waals surface area (Å²) in [7, 11) is 0. The summed E-state index contributed by atoms with van der Waals surface area (Å²) in [6.45, 7) is 3.67. The maximum atomic E-state index is 5.51. The van der Waals surface area contributed by atoms with Gasteiger partial charge in [-0.1, -0.05) is 12.8 Å². The summed E-state index contributed by atoms with van der Waals surface area (Å²) >= 11 is 0. The minimum atomic E-state index is 0.637. The molecular weight excluding hydrogens is 200 g/mol. The molecule has 1 fully saturated rings. The van der Waals surface area contributed by atoms with Crippen LogP contribution in [0.1, 0.15) is 38.5 Å². The van der Waals surface area contributed by atoms with Gasteiger partial charge in [0.2, 0.25) is 0 Å². The molecule has 96 valence electrons. The van der Waals surface area contributed by atoms with Crippen LogP contribution in [-0.4, -0.2) is 38.3 Å². The van der Waals surface area contributed by atoms with Gasteiger partial charge in [-0.05, 0) is 51.9 Å². The Morgan fingerprint density at radius 2 is 1.25 bits per heavy atom. The van der Waals surface area contributed by atoms with Crippen LogP contribution in [-0.2, 0) is 0 Å². The van der Waals surface area contributed by atoms with Crippen molar-refractivity contribution in [2.75, 3.05) is 26.2 Å². The maximum absolute atomic E-state index is 5.51. The van der Waals surface area contributed by atoms with E-state index in [0.29, 0.717) is 12.1 Å². The highest BCUT2D eigenvalue weighted by atomic mass is 15.0. The molecule has 0 heterocycles. The summed E-state index contributed by atoms with van der Waals surface area (Å²) in [5.41, 5.74) is 11.0. The van der Waals surface area contributed by atoms with Crippen LogP contribution in [0.15, 0.2) is 0 Å². The van der Waals surface area contributed by atoms with Gasteiger partial charge in [-0.15, -0.1) is 0 Å². The van der Waals surface area contributed by atoms with Crippen LogP contribution in [0.5, 0.6) is 0 Å². The fraction of sp³-hybridized carbons (Fsp3) is 1.00. The lowest BCUT2D eigenvalue weighted by atomic mass is 9.90. The van der Waals surface area contributed by atoms with Gasteiger partial charge in [-0.3, -0.25) is 0 Å². The standard InChI is InChI=1S/C12H28N4/c13-7-3-9-15-11-5-1-2-6-12(11)16-10-4-8-14/h11-12,15-16H,1-10,13-14H2/t11-,12-/m1/s1. The Labute approximate surface area is 99.5 Å². The van der Waals surface area contributed by atoms with Crippen LogP contribution in [0.2, 0.25) is 0 Å². The minimum Gasteiger partial charge on any atom is -0.330 e. The van der Waals surface area contributed by atoms with E-state index in [1.807, 2.05) is 0 Å². The molecule has 4 heteroatoms. The molecule has 1 rings (SSSR count). The summed E-state index contributed by atoms with van der Waals surface area (Å²) in [5.74, 6) is 0. The van der Waals surface area contributed by atoms with Gasteiger partial charge < -0.3 is 22.1 Å². The van der Waals surface area contributed by atoms with Gasteiger partial charge >= 0.3 is 0 Å². The minimum absolute atomic E-state index is 0.637. The first kappa shape index (κ1) is 13.9. The molecule has 0 amide bonds. The third-order valence-electron chi connectivity index (χ3n) is 3.34. The van der Waals surface area contributed by atoms with Crippen molar-refractivity contribution in [2.24, 2.45) is 11.5 Å². The number of nitrogens with two attached hydrogens (primary N) is 2. The van der Waals surface area contributed by atoms with Gasteiger partial charge in [-0.2, -0.15) is 0 Å². The molecule has 1 saturated carbocycles. The van der Waals surface area contributed by atoms with Crippen molar-refractivity contribution in [3.63, 3.8) is 0 Å². The average molecular weight is 228 g/mol. The van der Waals surface area contributed by atoms with Crippen LogP contribution >= 0.6 is 0 Å². The molecule has 0 bridgehead atoms. The third-order valence-corrected chi connectivity index (χ3v) is 3.34. The van der Waals surface area contributed by atoms with Crippen LogP contribution in [0.4, 0.5) is 0 Å². The highest BCUT2D eigenvalue weighted by Crippen LogP contribution is 2.18. The van der Waals surface area contributed by atoms with E-state index in [-0.39, 0.29) is 0 Å². The van der Waals surface area contributed by atoms with Crippen LogP contribution in [0, 0.1) is 0 Å². The molecule has 0 unspecified atom stereocenters. The van der Waals surface area contributed by atoms with Gasteiger partial charge in [0.05, 0.1) is 0 Å². The van der Waals surface area contributed by atoms with Gasteiger partial charge in [0.15, 0.2) is 0 Å². The number of nitrogens with one attached hydrogen (secondary N) is 2. The van der Waals surface area contributed by atoms with E-state index in [2.05, 4.69) is 10.6 Å². The first-order valence-electron chi connectivity index (χ1n) is 6.75. The molecule has 1 aliphatic carbocycles. The summed E-state index contributed by atoms with van der Waals surface area (Å²) in [6, 6.07) is 1.27. The van der Waals surface area contributed by atoms with Crippen molar-refractivity contribution in [1.82, 2.24) is 10.6 Å². The van der Waals surface area contributed by atoms with E-state index in [4.69, 9.17) is 11.5 Å². The maximum Gasteiger partial charge on any atom is 0.0221 e. The van der Waals surface area contributed by atoms with E-state index in [9.17, 15) is 0 Å². The number of rotatable bonds is 8. The molecule has 0 aromatic rings. The Morgan fingerprint density at radius 3 is 1.62 bits per heavy atom. The zero-order chi connectivity index (χ0) is 11.6. The van der Waals surface area contributed by atoms with Crippen molar-refractivity contribution >= 4 is 0 Å². The largest absolute Gasteiger partial charge is 0.330 e. The van der Waals surface area contributed by atoms with Gasteiger partial charge in [-0.25, -0.2) is 0 Å². The predicted molar refractivity (Wildman–Crippen MR) is 69.4 cm³/mol. The Balaban J connectivity index is 2.20. The predicted octanol–water partition coefficient (Wildman–Crippen LogP) is 0.174. The fourth-order valence-electron chi connectivity index (χ4n) is 2.40. The Morgan fingerprint density at radius 1 is 0.812 bits per heavy atom. The Kier molecular flexibility index (Phi) is 7.76. The van der Waals surface area contributed by atoms with E-state index in [1.54, 1.807) is 0 Å². The van der Waals surface area contributed by atoms with E-state index in [0.717, 1.165) is 39.0 Å². The summed E-state index contributed by atoms with van der Waals surface area (Å²) in [6.07, 6.45) is 7.46. The monoisotopic (exact) mass is 228 g/mol. The lowest BCUT2D eigenvalue weighted by molar-refractivity contribution is 0.284. The van der Waals surface area contributed by atoms with Crippen molar-refractivity contribution < 1.29 is 0 Å². The molecule has 0 spiro atoms. The highest BCUT2D eigenvalue weighted by molar-refractivity contribution is 4.86. The van der Waals surface area contributed by atoms with Crippen molar-refractivity contribution in [1.29, 1.82) is 0 Å². The fourth-order valence-corrected chi connectivity index (χ4v) is 2.40. The van der Waals surface area contributed by atoms with Gasteiger partial charge in [0.1, 0.15) is 0 Å². The second kappa shape index (κ2) is 8.93. The molecule has 2 atom stereocenters. The van der Waals surface area contributed by atoms with E-state index >= 15 is 0 Å². The number of hydrogen-bond acceptors (Lipinski definition) is 4. The SMILES string of the molecule is NCCCN[C@@H]1CCCC[C@H]1NCCCN.